The van der Waals surface area contributed by atoms with E-state index in [1.807, 2.05) is 0 Å². The van der Waals surface area contributed by atoms with Crippen LogP contribution in [0.25, 0.3) is 0 Å². The van der Waals surface area contributed by atoms with E-state index >= 15 is 0 Å². The molecule has 13 heavy (non-hydrogen) atoms. The molecule has 2 fully saturated rings. The van der Waals surface area contributed by atoms with Crippen LogP contribution in [0, 0.1) is 11.8 Å². The van der Waals surface area contributed by atoms with Crippen LogP contribution in [0.4, 0.5) is 0 Å². The smallest absolute Gasteiger partial charge is 0.185 e. The van der Waals surface area contributed by atoms with Gasteiger partial charge in [-0.15, -0.1) is 0 Å². The van der Waals surface area contributed by atoms with Gasteiger partial charge in [0.1, 0.15) is 0 Å². The average Bonchev–Trinajstić information content (AvgIpc) is 2.83. The molecular weight excluding hydrogens is 176 g/mol. The first kappa shape index (κ1) is 9.72. The topological polar surface area (TPSA) is 20.2 Å². The van der Waals surface area contributed by atoms with E-state index in [9.17, 15) is 4.80 Å². The second kappa shape index (κ2) is 3.39. The average molecular weight is 198 g/mol. The van der Waals surface area contributed by atoms with E-state index in [0.717, 1.165) is 17.4 Å². The third-order valence-electron chi connectivity index (χ3n) is 4.00. The van der Waals surface area contributed by atoms with Gasteiger partial charge >= 0.3 is 0 Å². The van der Waals surface area contributed by atoms with Gasteiger partial charge in [0.05, 0.1) is 0 Å². The number of hydrogen-bond acceptors (Lipinski definition) is 1. The van der Waals surface area contributed by atoms with Crippen molar-refractivity contribution in [2.24, 2.45) is 11.8 Å². The summed E-state index contributed by atoms with van der Waals surface area (Å²) in [6, 6.07) is 0. The lowest BCUT2D eigenvalue weighted by atomic mass is 9.86. The zero-order chi connectivity index (χ0) is 9.47. The highest BCUT2D eigenvalue weighted by Crippen LogP contribution is 2.57. The molecule has 2 aliphatic rings. The third-order valence-corrected chi connectivity index (χ3v) is 6.48. The molecule has 0 aromatic carbocycles. The van der Waals surface area contributed by atoms with Crippen molar-refractivity contribution in [3.63, 3.8) is 0 Å². The van der Waals surface area contributed by atoms with Gasteiger partial charge < -0.3 is 4.80 Å². The van der Waals surface area contributed by atoms with E-state index < -0.39 is 8.32 Å². The van der Waals surface area contributed by atoms with Crippen LogP contribution in [-0.4, -0.2) is 13.1 Å². The predicted octanol–water partition coefficient (Wildman–Crippen LogP) is 3.15. The second-order valence-corrected chi connectivity index (χ2v) is 9.61. The van der Waals surface area contributed by atoms with Crippen LogP contribution in [0.3, 0.4) is 0 Å². The van der Waals surface area contributed by atoms with Crippen molar-refractivity contribution >= 4 is 8.32 Å². The monoisotopic (exact) mass is 198 g/mol. The predicted molar refractivity (Wildman–Crippen MR) is 58.1 cm³/mol. The Morgan fingerprint density at radius 3 is 2.15 bits per heavy atom. The van der Waals surface area contributed by atoms with Crippen molar-refractivity contribution in [3.05, 3.63) is 0 Å². The molecule has 2 saturated carbocycles. The molecule has 76 valence electrons. The number of hydrogen-bond donors (Lipinski definition) is 1. The molecule has 0 aromatic rings. The summed E-state index contributed by atoms with van der Waals surface area (Å²) in [4.78, 5) is 10.00. The summed E-state index contributed by atoms with van der Waals surface area (Å²) in [5.74, 6) is 1.91. The Hall–Kier alpha value is 0.177. The first-order chi connectivity index (χ1) is 6.09. The molecule has 0 spiro atoms. The van der Waals surface area contributed by atoms with E-state index in [-0.39, 0.29) is 0 Å². The molecule has 2 aliphatic carbocycles. The van der Waals surface area contributed by atoms with Crippen molar-refractivity contribution in [1.29, 1.82) is 0 Å². The molecule has 2 heteroatoms. The van der Waals surface area contributed by atoms with E-state index in [0.29, 0.717) is 0 Å². The van der Waals surface area contributed by atoms with Crippen LogP contribution in [0.15, 0.2) is 0 Å². The molecule has 0 aromatic heterocycles. The highest BCUT2D eigenvalue weighted by Gasteiger charge is 2.51. The summed E-state index contributed by atoms with van der Waals surface area (Å²) < 4.78 is 0. The first-order valence-electron chi connectivity index (χ1n) is 5.81. The van der Waals surface area contributed by atoms with Gasteiger partial charge in [-0.25, -0.2) is 0 Å². The Bertz CT molecular complexity index is 179. The third kappa shape index (κ3) is 2.16. The summed E-state index contributed by atoms with van der Waals surface area (Å²) >= 11 is 0. The molecule has 0 heterocycles. The molecule has 2 atom stereocenters. The van der Waals surface area contributed by atoms with Gasteiger partial charge in [0.25, 0.3) is 0 Å². The van der Waals surface area contributed by atoms with Gasteiger partial charge in [0.2, 0.25) is 0 Å². The first-order valence-corrected chi connectivity index (χ1v) is 8.84. The quantitative estimate of drug-likeness (QED) is 0.676. The zero-order valence-electron chi connectivity index (χ0n) is 8.92. The molecule has 1 nitrogen and oxygen atoms in total. The van der Waals surface area contributed by atoms with Gasteiger partial charge in [-0.05, 0) is 36.9 Å². The normalized spacial score (nSPS) is 36.2. The SMILES string of the molecule is C[Si](C)(O)C1CC1C1CCCCC1. The van der Waals surface area contributed by atoms with Crippen LogP contribution in [0.2, 0.25) is 18.6 Å². The van der Waals surface area contributed by atoms with Gasteiger partial charge in [-0.2, -0.15) is 0 Å². The highest BCUT2D eigenvalue weighted by atomic mass is 28.4. The molecule has 0 bridgehead atoms. The molecular formula is C11H22OSi. The van der Waals surface area contributed by atoms with Crippen LogP contribution in [0.5, 0.6) is 0 Å². The molecule has 2 unspecified atom stereocenters. The fraction of sp³-hybridized carbons (Fsp3) is 1.00. The fourth-order valence-electron chi connectivity index (χ4n) is 3.11. The summed E-state index contributed by atoms with van der Waals surface area (Å²) in [5.41, 5.74) is 0.746. The van der Waals surface area contributed by atoms with Crippen LogP contribution < -0.4 is 0 Å². The minimum atomic E-state index is -1.77. The Balaban J connectivity index is 1.84. The van der Waals surface area contributed by atoms with Gasteiger partial charge in [-0.1, -0.05) is 32.1 Å². The Kier molecular flexibility index (Phi) is 2.54. The Morgan fingerprint density at radius 2 is 1.69 bits per heavy atom. The highest BCUT2D eigenvalue weighted by molar-refractivity contribution is 6.72. The lowest BCUT2D eigenvalue weighted by Gasteiger charge is -2.23. The van der Waals surface area contributed by atoms with Crippen molar-refractivity contribution in [1.82, 2.24) is 0 Å². The summed E-state index contributed by atoms with van der Waals surface area (Å²) in [6.45, 7) is 4.22. The molecule has 1 N–H and O–H groups in total. The van der Waals surface area contributed by atoms with Gasteiger partial charge in [-0.3, -0.25) is 0 Å². The molecule has 0 amide bonds. The van der Waals surface area contributed by atoms with Crippen molar-refractivity contribution in [2.75, 3.05) is 0 Å². The van der Waals surface area contributed by atoms with Crippen LogP contribution >= 0.6 is 0 Å². The fourth-order valence-corrected chi connectivity index (χ4v) is 5.28. The van der Waals surface area contributed by atoms with Crippen LogP contribution in [-0.2, 0) is 0 Å². The maximum atomic E-state index is 10.00. The van der Waals surface area contributed by atoms with E-state index in [2.05, 4.69) is 13.1 Å². The second-order valence-electron chi connectivity index (χ2n) is 5.56. The standard InChI is InChI=1S/C11H22OSi/c1-13(2,12)11-8-10(11)9-6-4-3-5-7-9/h9-12H,3-8H2,1-2H3. The molecule has 0 radical (unpaired) electrons. The van der Waals surface area contributed by atoms with Gasteiger partial charge in [0.15, 0.2) is 8.32 Å². The minimum Gasteiger partial charge on any atom is -0.432 e. The Labute approximate surface area is 82.7 Å². The molecule has 0 aliphatic heterocycles. The van der Waals surface area contributed by atoms with E-state index in [1.54, 1.807) is 0 Å². The van der Waals surface area contributed by atoms with Crippen LogP contribution in [0.1, 0.15) is 38.5 Å². The van der Waals surface area contributed by atoms with Gasteiger partial charge in [0, 0.05) is 0 Å². The van der Waals surface area contributed by atoms with E-state index in [1.165, 1.54) is 38.5 Å². The Morgan fingerprint density at radius 1 is 1.08 bits per heavy atom. The summed E-state index contributed by atoms with van der Waals surface area (Å²) in [5, 5.41) is 0. The zero-order valence-corrected chi connectivity index (χ0v) is 9.92. The lowest BCUT2D eigenvalue weighted by Crippen LogP contribution is -2.27. The largest absolute Gasteiger partial charge is 0.432 e. The lowest BCUT2D eigenvalue weighted by molar-refractivity contribution is 0.320. The minimum absolute atomic E-state index is 0.746. The molecule has 0 saturated heterocycles. The maximum absolute atomic E-state index is 10.00. The summed E-state index contributed by atoms with van der Waals surface area (Å²) in [7, 11) is -1.77. The summed E-state index contributed by atoms with van der Waals surface area (Å²) in [6.07, 6.45) is 8.59. The van der Waals surface area contributed by atoms with Crippen molar-refractivity contribution < 1.29 is 4.80 Å². The maximum Gasteiger partial charge on any atom is 0.185 e. The molecule has 2 rings (SSSR count). The van der Waals surface area contributed by atoms with Crippen molar-refractivity contribution in [2.45, 2.75) is 57.2 Å². The number of rotatable bonds is 2. The van der Waals surface area contributed by atoms with Crippen molar-refractivity contribution in [3.8, 4) is 0 Å². The van der Waals surface area contributed by atoms with E-state index in [4.69, 9.17) is 0 Å².